The first-order valence-corrected chi connectivity index (χ1v) is 6.01. The zero-order valence-corrected chi connectivity index (χ0v) is 11.2. The second-order valence-corrected chi connectivity index (χ2v) is 4.37. The molecule has 6 heteroatoms. The third kappa shape index (κ3) is 2.97. The van der Waals surface area contributed by atoms with Crippen molar-refractivity contribution in [3.8, 4) is 0 Å². The van der Waals surface area contributed by atoms with Crippen molar-refractivity contribution in [3.05, 3.63) is 53.6 Å². The smallest absolute Gasteiger partial charge is 0.337 e. The van der Waals surface area contributed by atoms with E-state index in [0.717, 1.165) is 5.56 Å². The zero-order chi connectivity index (χ0) is 13.8. The number of esters is 1. The van der Waals surface area contributed by atoms with E-state index < -0.39 is 0 Å². The Balaban J connectivity index is 2.17. The summed E-state index contributed by atoms with van der Waals surface area (Å²) in [5, 5.41) is 0. The van der Waals surface area contributed by atoms with Crippen LogP contribution in [0, 0.1) is 0 Å². The summed E-state index contributed by atoms with van der Waals surface area (Å²) in [6, 6.07) is 7.16. The minimum atomic E-state index is -0.349. The maximum Gasteiger partial charge on any atom is 0.337 e. The summed E-state index contributed by atoms with van der Waals surface area (Å²) in [6.07, 6.45) is 3.46. The van der Waals surface area contributed by atoms with Crippen LogP contribution in [0.5, 0.6) is 0 Å². The molecule has 0 fully saturated rings. The number of methoxy groups -OCH3 is 1. The van der Waals surface area contributed by atoms with E-state index in [1.165, 1.54) is 7.11 Å². The van der Waals surface area contributed by atoms with Crippen LogP contribution < -0.4 is 5.73 Å². The molecule has 1 heterocycles. The Morgan fingerprint density at radius 3 is 2.68 bits per heavy atom. The summed E-state index contributed by atoms with van der Waals surface area (Å²) >= 11 is 4.92. The van der Waals surface area contributed by atoms with Crippen LogP contribution in [0.25, 0.3) is 0 Å². The van der Waals surface area contributed by atoms with Crippen molar-refractivity contribution < 1.29 is 9.53 Å². The van der Waals surface area contributed by atoms with Crippen molar-refractivity contribution in [2.45, 2.75) is 6.54 Å². The molecule has 98 valence electrons. The molecule has 0 atom stereocenters. The molecule has 0 spiro atoms. The van der Waals surface area contributed by atoms with Gasteiger partial charge in [-0.05, 0) is 17.7 Å². The van der Waals surface area contributed by atoms with Crippen molar-refractivity contribution in [2.24, 2.45) is 5.73 Å². The van der Waals surface area contributed by atoms with Gasteiger partial charge < -0.3 is 15.0 Å². The Hall–Kier alpha value is -2.21. The summed E-state index contributed by atoms with van der Waals surface area (Å²) in [5.41, 5.74) is 7.12. The summed E-state index contributed by atoms with van der Waals surface area (Å²) in [7, 11) is 1.36. The molecule has 0 unspecified atom stereocenters. The van der Waals surface area contributed by atoms with Gasteiger partial charge in [-0.1, -0.05) is 24.4 Å². The number of carbonyl (C=O) groups is 1. The van der Waals surface area contributed by atoms with Gasteiger partial charge in [0.05, 0.1) is 12.7 Å². The number of ether oxygens (including phenoxy) is 1. The van der Waals surface area contributed by atoms with Crippen LogP contribution >= 0.6 is 12.2 Å². The summed E-state index contributed by atoms with van der Waals surface area (Å²) in [5.74, 6) is 0.227. The van der Waals surface area contributed by atoms with Gasteiger partial charge >= 0.3 is 5.97 Å². The average molecular weight is 275 g/mol. The number of nitrogens with zero attached hydrogens (tertiary/aromatic N) is 2. The van der Waals surface area contributed by atoms with Crippen LogP contribution in [0.3, 0.4) is 0 Å². The normalized spacial score (nSPS) is 10.2. The fourth-order valence-corrected chi connectivity index (χ4v) is 1.89. The quantitative estimate of drug-likeness (QED) is 0.674. The Bertz CT molecular complexity index is 605. The number of hydrogen-bond donors (Lipinski definition) is 1. The van der Waals surface area contributed by atoms with E-state index in [0.29, 0.717) is 17.9 Å². The summed E-state index contributed by atoms with van der Waals surface area (Å²) in [6.45, 7) is 0.591. The van der Waals surface area contributed by atoms with Gasteiger partial charge in [0, 0.05) is 18.9 Å². The molecular formula is C13H13N3O2S. The number of imidazole rings is 1. The van der Waals surface area contributed by atoms with Gasteiger partial charge in [-0.2, -0.15) is 0 Å². The summed E-state index contributed by atoms with van der Waals surface area (Å²) in [4.78, 5) is 15.7. The highest BCUT2D eigenvalue weighted by Crippen LogP contribution is 2.09. The van der Waals surface area contributed by atoms with E-state index in [1.54, 1.807) is 18.3 Å². The van der Waals surface area contributed by atoms with E-state index in [9.17, 15) is 4.79 Å². The third-order valence-electron chi connectivity index (χ3n) is 2.66. The van der Waals surface area contributed by atoms with Crippen molar-refractivity contribution in [2.75, 3.05) is 7.11 Å². The highest BCUT2D eigenvalue weighted by molar-refractivity contribution is 7.80. The average Bonchev–Trinajstić information content (AvgIpc) is 2.87. The third-order valence-corrected chi connectivity index (χ3v) is 2.85. The lowest BCUT2D eigenvalue weighted by Gasteiger charge is -2.07. The Labute approximate surface area is 116 Å². The first-order chi connectivity index (χ1) is 9.11. The fraction of sp³-hybridized carbons (Fsp3) is 0.154. The molecule has 0 aliphatic heterocycles. The first kappa shape index (κ1) is 13.2. The molecule has 0 radical (unpaired) electrons. The first-order valence-electron chi connectivity index (χ1n) is 5.60. The van der Waals surface area contributed by atoms with E-state index in [-0.39, 0.29) is 11.0 Å². The van der Waals surface area contributed by atoms with Crippen molar-refractivity contribution in [1.82, 2.24) is 9.55 Å². The molecule has 0 saturated heterocycles. The molecule has 19 heavy (non-hydrogen) atoms. The van der Waals surface area contributed by atoms with Gasteiger partial charge in [0.1, 0.15) is 4.99 Å². The number of carbonyl (C=O) groups excluding carboxylic acids is 1. The Kier molecular flexibility index (Phi) is 3.91. The number of thiocarbonyl (C=S) groups is 1. The molecule has 2 aromatic rings. The molecule has 0 aliphatic rings. The molecule has 1 aromatic heterocycles. The lowest BCUT2D eigenvalue weighted by molar-refractivity contribution is 0.0600. The number of aromatic nitrogens is 2. The van der Waals surface area contributed by atoms with Gasteiger partial charge in [-0.25, -0.2) is 9.78 Å². The topological polar surface area (TPSA) is 70.1 Å². The molecule has 2 N–H and O–H groups in total. The van der Waals surface area contributed by atoms with Crippen LogP contribution in [0.1, 0.15) is 21.7 Å². The lowest BCUT2D eigenvalue weighted by atomic mass is 10.1. The van der Waals surface area contributed by atoms with Crippen LogP contribution in [-0.2, 0) is 11.3 Å². The maximum absolute atomic E-state index is 11.3. The van der Waals surface area contributed by atoms with E-state index in [4.69, 9.17) is 18.0 Å². The second kappa shape index (κ2) is 5.62. The molecule has 2 rings (SSSR count). The fourth-order valence-electron chi connectivity index (χ4n) is 1.72. The van der Waals surface area contributed by atoms with Gasteiger partial charge in [-0.15, -0.1) is 0 Å². The highest BCUT2D eigenvalue weighted by atomic mass is 32.1. The number of hydrogen-bond acceptors (Lipinski definition) is 4. The predicted molar refractivity (Wildman–Crippen MR) is 75.0 cm³/mol. The lowest BCUT2D eigenvalue weighted by Crippen LogP contribution is -2.17. The largest absolute Gasteiger partial charge is 0.465 e. The van der Waals surface area contributed by atoms with Crippen molar-refractivity contribution in [1.29, 1.82) is 0 Å². The van der Waals surface area contributed by atoms with Crippen LogP contribution in [0.15, 0.2) is 36.7 Å². The molecule has 0 aliphatic carbocycles. The van der Waals surface area contributed by atoms with Crippen molar-refractivity contribution in [3.63, 3.8) is 0 Å². The Morgan fingerprint density at radius 1 is 1.42 bits per heavy atom. The van der Waals surface area contributed by atoms with E-state index in [1.807, 2.05) is 22.9 Å². The molecular weight excluding hydrogens is 262 g/mol. The molecule has 0 bridgehead atoms. The Morgan fingerprint density at radius 2 is 2.11 bits per heavy atom. The van der Waals surface area contributed by atoms with Gasteiger partial charge in [-0.3, -0.25) is 0 Å². The van der Waals surface area contributed by atoms with E-state index in [2.05, 4.69) is 9.72 Å². The highest BCUT2D eigenvalue weighted by Gasteiger charge is 2.07. The van der Waals surface area contributed by atoms with Crippen LogP contribution in [0.2, 0.25) is 0 Å². The van der Waals surface area contributed by atoms with Gasteiger partial charge in [0.25, 0.3) is 0 Å². The minimum absolute atomic E-state index is 0.260. The van der Waals surface area contributed by atoms with Crippen LogP contribution in [-0.4, -0.2) is 27.6 Å². The molecule has 0 saturated carbocycles. The minimum Gasteiger partial charge on any atom is -0.465 e. The van der Waals surface area contributed by atoms with Crippen molar-refractivity contribution >= 4 is 23.2 Å². The monoisotopic (exact) mass is 275 g/mol. The number of nitrogens with two attached hydrogens (primary N) is 1. The number of benzene rings is 1. The predicted octanol–water partition coefficient (Wildman–Crippen LogP) is 1.35. The van der Waals surface area contributed by atoms with Gasteiger partial charge in [0.2, 0.25) is 0 Å². The molecule has 5 nitrogen and oxygen atoms in total. The van der Waals surface area contributed by atoms with Crippen LogP contribution in [0.4, 0.5) is 0 Å². The summed E-state index contributed by atoms with van der Waals surface area (Å²) < 4.78 is 6.50. The SMILES string of the molecule is COC(=O)c1ccc(Cn2ccnc2C(N)=S)cc1. The van der Waals surface area contributed by atoms with E-state index >= 15 is 0 Å². The number of rotatable bonds is 4. The standard InChI is InChI=1S/C13H13N3O2S/c1-18-13(17)10-4-2-9(3-5-10)8-16-7-6-15-12(16)11(14)19/h2-7H,8H2,1H3,(H2,14,19). The zero-order valence-electron chi connectivity index (χ0n) is 10.4. The second-order valence-electron chi connectivity index (χ2n) is 3.93. The van der Waals surface area contributed by atoms with Gasteiger partial charge in [0.15, 0.2) is 5.82 Å². The molecule has 0 amide bonds. The molecule has 1 aromatic carbocycles. The maximum atomic E-state index is 11.3.